The molecule has 1 aliphatic heterocycles. The Morgan fingerprint density at radius 2 is 2.07 bits per heavy atom. The maximum atomic E-state index is 13.3. The Balaban J connectivity index is 1.55. The van der Waals surface area contributed by atoms with Gasteiger partial charge in [0.25, 0.3) is 5.91 Å². The second-order valence-corrected chi connectivity index (χ2v) is 8.28. The van der Waals surface area contributed by atoms with Crippen molar-refractivity contribution in [2.24, 2.45) is 5.73 Å². The van der Waals surface area contributed by atoms with Crippen LogP contribution in [0.15, 0.2) is 46.8 Å². The average molecular weight is 407 g/mol. The summed E-state index contributed by atoms with van der Waals surface area (Å²) in [4.78, 5) is 11.9. The van der Waals surface area contributed by atoms with E-state index in [1.807, 2.05) is 25.2 Å². The SMILES string of the molecule is CCC(CCNC1=C(C(N)=O)C=C2C=C(C)C=CC2N1)NC1CCC(F)(F)CC1. The molecule has 1 fully saturated rings. The summed E-state index contributed by atoms with van der Waals surface area (Å²) in [7, 11) is 0. The predicted octanol–water partition coefficient (Wildman–Crippen LogP) is 3.02. The highest BCUT2D eigenvalue weighted by atomic mass is 19.3. The van der Waals surface area contributed by atoms with Crippen LogP contribution in [0.25, 0.3) is 0 Å². The average Bonchev–Trinajstić information content (AvgIpc) is 2.68. The quantitative estimate of drug-likeness (QED) is 0.500. The van der Waals surface area contributed by atoms with Crippen LogP contribution in [0.1, 0.15) is 52.4 Å². The van der Waals surface area contributed by atoms with E-state index in [-0.39, 0.29) is 31.0 Å². The molecule has 0 saturated heterocycles. The molecule has 1 amide bonds. The van der Waals surface area contributed by atoms with Crippen molar-refractivity contribution in [1.29, 1.82) is 0 Å². The molecule has 5 N–H and O–H groups in total. The first-order valence-corrected chi connectivity index (χ1v) is 10.5. The van der Waals surface area contributed by atoms with Gasteiger partial charge in [0.2, 0.25) is 5.92 Å². The number of halogens is 2. The number of carbonyl (C=O) groups is 1. The summed E-state index contributed by atoms with van der Waals surface area (Å²) in [6, 6.07) is 0.417. The molecule has 2 unspecified atom stereocenters. The number of hydrogen-bond donors (Lipinski definition) is 4. The summed E-state index contributed by atoms with van der Waals surface area (Å²) < 4.78 is 26.7. The second kappa shape index (κ2) is 9.11. The van der Waals surface area contributed by atoms with Crippen molar-refractivity contribution in [2.45, 2.75) is 76.4 Å². The van der Waals surface area contributed by atoms with Crippen molar-refractivity contribution in [1.82, 2.24) is 16.0 Å². The Morgan fingerprint density at radius 1 is 1.34 bits per heavy atom. The molecule has 0 bridgehead atoms. The molecule has 0 aromatic carbocycles. The molecule has 29 heavy (non-hydrogen) atoms. The predicted molar refractivity (Wildman–Crippen MR) is 111 cm³/mol. The van der Waals surface area contributed by atoms with Crippen molar-refractivity contribution in [3.8, 4) is 0 Å². The van der Waals surface area contributed by atoms with Crippen molar-refractivity contribution >= 4 is 5.91 Å². The lowest BCUT2D eigenvalue weighted by molar-refractivity contribution is -0.114. The van der Waals surface area contributed by atoms with Crippen LogP contribution in [-0.4, -0.2) is 36.5 Å². The molecule has 0 aromatic heterocycles. The summed E-state index contributed by atoms with van der Waals surface area (Å²) in [5.41, 5.74) is 8.19. The van der Waals surface area contributed by atoms with Crippen LogP contribution in [0.4, 0.5) is 8.78 Å². The Bertz CT molecular complexity index is 744. The standard InChI is InChI=1S/C22H32F2N4O/c1-3-16(27-17-6-9-22(23,24)10-7-17)8-11-26-21-18(20(25)29)13-15-12-14(2)4-5-19(15)28-21/h4-5,12-13,16-17,19,26-28H,3,6-11H2,1-2H3,(H2,25,29). The van der Waals surface area contributed by atoms with Gasteiger partial charge in [0.15, 0.2) is 0 Å². The third-order valence-electron chi connectivity index (χ3n) is 5.93. The lowest BCUT2D eigenvalue weighted by Gasteiger charge is -2.32. The van der Waals surface area contributed by atoms with Gasteiger partial charge in [-0.25, -0.2) is 8.78 Å². The monoisotopic (exact) mass is 406 g/mol. The van der Waals surface area contributed by atoms with Gasteiger partial charge in [-0.05, 0) is 44.3 Å². The molecule has 2 atom stereocenters. The van der Waals surface area contributed by atoms with Crippen molar-refractivity contribution < 1.29 is 13.6 Å². The smallest absolute Gasteiger partial charge is 0.252 e. The van der Waals surface area contributed by atoms with Crippen LogP contribution >= 0.6 is 0 Å². The van der Waals surface area contributed by atoms with E-state index in [9.17, 15) is 13.6 Å². The van der Waals surface area contributed by atoms with Gasteiger partial charge < -0.3 is 21.7 Å². The highest BCUT2D eigenvalue weighted by Gasteiger charge is 2.35. The van der Waals surface area contributed by atoms with E-state index in [0.717, 1.165) is 24.0 Å². The number of primary amides is 1. The second-order valence-electron chi connectivity index (χ2n) is 8.28. The number of dihydropyridines is 1. The molecular formula is C22H32F2N4O. The normalized spacial score (nSPS) is 24.9. The van der Waals surface area contributed by atoms with Crippen LogP contribution in [0.5, 0.6) is 0 Å². The fraction of sp³-hybridized carbons (Fsp3) is 0.591. The number of fused-ring (bicyclic) bond motifs is 1. The van der Waals surface area contributed by atoms with Crippen molar-refractivity contribution in [3.05, 3.63) is 46.8 Å². The van der Waals surface area contributed by atoms with E-state index in [4.69, 9.17) is 5.73 Å². The molecule has 3 aliphatic rings. The summed E-state index contributed by atoms with van der Waals surface area (Å²) in [6.07, 6.45) is 10.7. The fourth-order valence-corrected chi connectivity index (χ4v) is 4.15. The largest absolute Gasteiger partial charge is 0.371 e. The van der Waals surface area contributed by atoms with E-state index >= 15 is 0 Å². The molecule has 5 nitrogen and oxygen atoms in total. The summed E-state index contributed by atoms with van der Waals surface area (Å²) in [5.74, 6) is -2.32. The Morgan fingerprint density at radius 3 is 2.72 bits per heavy atom. The van der Waals surface area contributed by atoms with E-state index in [0.29, 0.717) is 30.8 Å². The Kier molecular flexibility index (Phi) is 6.77. The van der Waals surface area contributed by atoms with E-state index in [1.165, 1.54) is 0 Å². The minimum absolute atomic E-state index is 0.0216. The number of nitrogens with two attached hydrogens (primary N) is 1. The molecule has 1 saturated carbocycles. The first-order chi connectivity index (χ1) is 13.8. The molecule has 0 aromatic rings. The van der Waals surface area contributed by atoms with Gasteiger partial charge in [-0.1, -0.05) is 30.7 Å². The number of rotatable bonds is 8. The van der Waals surface area contributed by atoms with Crippen molar-refractivity contribution in [2.75, 3.05) is 6.54 Å². The molecule has 160 valence electrons. The third kappa shape index (κ3) is 5.69. The highest BCUT2D eigenvalue weighted by molar-refractivity contribution is 5.96. The Hall–Kier alpha value is -2.15. The van der Waals surface area contributed by atoms with Crippen LogP contribution in [0, 0.1) is 0 Å². The van der Waals surface area contributed by atoms with E-state index < -0.39 is 11.8 Å². The number of allylic oxidation sites excluding steroid dienone is 2. The van der Waals surface area contributed by atoms with Crippen LogP contribution in [-0.2, 0) is 4.79 Å². The number of hydrogen-bond acceptors (Lipinski definition) is 4. The fourth-order valence-electron chi connectivity index (χ4n) is 4.15. The number of carbonyl (C=O) groups excluding carboxylic acids is 1. The van der Waals surface area contributed by atoms with Gasteiger partial charge in [-0.15, -0.1) is 0 Å². The van der Waals surface area contributed by atoms with Crippen LogP contribution < -0.4 is 21.7 Å². The van der Waals surface area contributed by atoms with Gasteiger partial charge in [0, 0.05) is 31.5 Å². The number of nitrogens with one attached hydrogen (secondary N) is 3. The molecule has 7 heteroatoms. The molecule has 0 radical (unpaired) electrons. The summed E-state index contributed by atoms with van der Waals surface area (Å²) in [6.45, 7) is 4.76. The summed E-state index contributed by atoms with van der Waals surface area (Å²) in [5, 5.41) is 10.2. The van der Waals surface area contributed by atoms with Gasteiger partial charge in [-0.3, -0.25) is 4.79 Å². The minimum atomic E-state index is -2.50. The van der Waals surface area contributed by atoms with Gasteiger partial charge in [-0.2, -0.15) is 0 Å². The topological polar surface area (TPSA) is 79.2 Å². The zero-order valence-corrected chi connectivity index (χ0v) is 17.2. The van der Waals surface area contributed by atoms with E-state index in [2.05, 4.69) is 29.0 Å². The lowest BCUT2D eigenvalue weighted by Crippen LogP contribution is -2.45. The van der Waals surface area contributed by atoms with Crippen LogP contribution in [0.2, 0.25) is 0 Å². The molecule has 0 spiro atoms. The number of alkyl halides is 2. The summed E-state index contributed by atoms with van der Waals surface area (Å²) >= 11 is 0. The highest BCUT2D eigenvalue weighted by Crippen LogP contribution is 2.33. The molecular weight excluding hydrogens is 374 g/mol. The molecule has 1 heterocycles. The third-order valence-corrected chi connectivity index (χ3v) is 5.93. The first-order valence-electron chi connectivity index (χ1n) is 10.5. The van der Waals surface area contributed by atoms with E-state index in [1.54, 1.807) is 0 Å². The lowest BCUT2D eigenvalue weighted by atomic mass is 9.91. The first kappa shape index (κ1) is 21.6. The zero-order valence-electron chi connectivity index (χ0n) is 17.2. The minimum Gasteiger partial charge on any atom is -0.371 e. The molecule has 2 aliphatic carbocycles. The number of amides is 1. The molecule has 3 rings (SSSR count). The van der Waals surface area contributed by atoms with Gasteiger partial charge in [0.05, 0.1) is 11.6 Å². The zero-order chi connectivity index (χ0) is 21.0. The Labute approximate surface area is 171 Å². The van der Waals surface area contributed by atoms with Crippen LogP contribution in [0.3, 0.4) is 0 Å². The maximum absolute atomic E-state index is 13.3. The van der Waals surface area contributed by atoms with Gasteiger partial charge in [0.1, 0.15) is 5.82 Å². The van der Waals surface area contributed by atoms with Gasteiger partial charge >= 0.3 is 0 Å². The van der Waals surface area contributed by atoms with Crippen molar-refractivity contribution in [3.63, 3.8) is 0 Å². The maximum Gasteiger partial charge on any atom is 0.252 e.